The molecule has 2 atom stereocenters. The van der Waals surface area contributed by atoms with E-state index >= 15 is 0 Å². The summed E-state index contributed by atoms with van der Waals surface area (Å²) in [7, 11) is 0. The van der Waals surface area contributed by atoms with E-state index in [2.05, 4.69) is 16.0 Å². The van der Waals surface area contributed by atoms with E-state index in [1.165, 1.54) is 17.0 Å². The van der Waals surface area contributed by atoms with Crippen LogP contribution in [0, 0.1) is 11.6 Å². The fourth-order valence-electron chi connectivity index (χ4n) is 7.80. The Hall–Kier alpha value is -6.31. The van der Waals surface area contributed by atoms with E-state index in [9.17, 15) is 51.9 Å². The van der Waals surface area contributed by atoms with E-state index in [4.69, 9.17) is 4.74 Å². The third kappa shape index (κ3) is 7.95. The average Bonchev–Trinajstić information content (AvgIpc) is 3.56. The molecule has 0 spiro atoms. The predicted octanol–water partition coefficient (Wildman–Crippen LogP) is 0.921. The Morgan fingerprint density at radius 3 is 1.39 bits per heavy atom. The molecule has 2 aromatic rings. The van der Waals surface area contributed by atoms with Crippen molar-refractivity contribution in [3.05, 3.63) is 58.2 Å². The highest BCUT2D eigenvalue weighted by molar-refractivity contribution is 6.24. The number of nitrogens with zero attached hydrogens (tertiary/aromatic N) is 5. The van der Waals surface area contributed by atoms with Crippen LogP contribution in [-0.4, -0.2) is 138 Å². The van der Waals surface area contributed by atoms with Crippen molar-refractivity contribution >= 4 is 64.7 Å². The molecule has 2 unspecified atom stereocenters. The van der Waals surface area contributed by atoms with Crippen LogP contribution in [0.25, 0.3) is 0 Å². The summed E-state index contributed by atoms with van der Waals surface area (Å²) in [6.07, 6.45) is -0.297. The number of carbonyl (C=O) groups excluding carboxylic acids is 9. The molecule has 0 saturated carbocycles. The number of benzene rings is 2. The lowest BCUT2D eigenvalue weighted by Crippen LogP contribution is -2.54. The number of rotatable bonds is 4. The molecule has 312 valence electrons. The maximum atomic E-state index is 15.0. The number of nitrogens with one attached hydrogen (secondary N) is 3. The molecule has 59 heavy (non-hydrogen) atoms. The van der Waals surface area contributed by atoms with Crippen LogP contribution in [0.4, 0.5) is 25.0 Å². The molecule has 2 aromatic carbocycles. The second kappa shape index (κ2) is 15.8. The summed E-state index contributed by atoms with van der Waals surface area (Å²) in [5, 5.41) is 7.43. The molecule has 0 aliphatic carbocycles. The lowest BCUT2D eigenvalue weighted by Gasteiger charge is -2.37. The summed E-state index contributed by atoms with van der Waals surface area (Å²) in [4.78, 5) is 117. The van der Waals surface area contributed by atoms with Crippen LogP contribution in [0.15, 0.2) is 24.3 Å². The largest absolute Gasteiger partial charge is 0.444 e. The molecule has 0 aromatic heterocycles. The first-order chi connectivity index (χ1) is 27.9. The van der Waals surface area contributed by atoms with E-state index < -0.39 is 82.7 Å². The Morgan fingerprint density at radius 2 is 1.00 bits per heavy atom. The highest BCUT2D eigenvalue weighted by Crippen LogP contribution is 2.35. The van der Waals surface area contributed by atoms with Gasteiger partial charge < -0.3 is 24.8 Å². The number of carbonyl (C=O) groups is 9. The Labute approximate surface area is 336 Å². The number of hydrogen-bond acceptors (Lipinski definition) is 13. The van der Waals surface area contributed by atoms with Crippen molar-refractivity contribution in [2.45, 2.75) is 64.1 Å². The van der Waals surface area contributed by atoms with Crippen molar-refractivity contribution < 1.29 is 56.7 Å². The minimum atomic E-state index is -1.11. The molecule has 8 rings (SSSR count). The van der Waals surface area contributed by atoms with Crippen LogP contribution in [-0.2, 0) is 23.9 Å². The molecule has 6 heterocycles. The van der Waals surface area contributed by atoms with Crippen molar-refractivity contribution in [2.24, 2.45) is 0 Å². The molecule has 0 bridgehead atoms. The Bertz CT molecular complexity index is 2200. The van der Waals surface area contributed by atoms with Gasteiger partial charge in [0.2, 0.25) is 23.6 Å². The summed E-state index contributed by atoms with van der Waals surface area (Å²) in [6, 6.07) is 2.63. The van der Waals surface area contributed by atoms with E-state index in [1.807, 2.05) is 4.90 Å². The molecular formula is C39H42F2N8O10. The van der Waals surface area contributed by atoms with Gasteiger partial charge in [-0.1, -0.05) is 0 Å². The molecule has 4 fully saturated rings. The summed E-state index contributed by atoms with van der Waals surface area (Å²) in [5.41, 5.74) is -0.262. The number of fused-ring (bicyclic) bond motifs is 2. The highest BCUT2D eigenvalue weighted by Gasteiger charge is 2.47. The van der Waals surface area contributed by atoms with Crippen LogP contribution in [0.3, 0.4) is 0 Å². The van der Waals surface area contributed by atoms with Gasteiger partial charge in [-0.05, 0) is 57.9 Å². The third-order valence-electron chi connectivity index (χ3n) is 10.7. The van der Waals surface area contributed by atoms with Gasteiger partial charge in [0, 0.05) is 65.2 Å². The molecule has 20 heteroatoms. The van der Waals surface area contributed by atoms with E-state index in [0.29, 0.717) is 52.4 Å². The number of amides is 9. The first-order valence-corrected chi connectivity index (χ1v) is 19.2. The summed E-state index contributed by atoms with van der Waals surface area (Å²) >= 11 is 0. The van der Waals surface area contributed by atoms with Gasteiger partial charge in [-0.2, -0.15) is 0 Å². The fraction of sp³-hybridized carbons (Fsp3) is 0.462. The smallest absolute Gasteiger partial charge is 0.410 e. The number of anilines is 2. The van der Waals surface area contributed by atoms with Crippen molar-refractivity contribution in [1.82, 2.24) is 30.7 Å². The van der Waals surface area contributed by atoms with Crippen LogP contribution in [0.5, 0.6) is 0 Å². The zero-order valence-electron chi connectivity index (χ0n) is 32.5. The van der Waals surface area contributed by atoms with Gasteiger partial charge in [0.15, 0.2) is 0 Å². The molecule has 3 N–H and O–H groups in total. The maximum absolute atomic E-state index is 15.0. The number of ether oxygens (including phenoxy) is 1. The molecule has 18 nitrogen and oxygen atoms in total. The topological polar surface area (TPSA) is 215 Å². The van der Waals surface area contributed by atoms with Crippen LogP contribution in [0.1, 0.15) is 87.9 Å². The lowest BCUT2D eigenvalue weighted by molar-refractivity contribution is -0.137. The number of halogens is 2. The number of piperazine rings is 2. The zero-order valence-corrected chi connectivity index (χ0v) is 32.5. The Morgan fingerprint density at radius 1 is 0.610 bits per heavy atom. The van der Waals surface area contributed by atoms with Gasteiger partial charge in [0.05, 0.1) is 33.6 Å². The SMILES string of the molecule is CC(C)(C)OC(=O)N1CCN(c2cc3c(cc2F)C(=O)N(C2CCC(=O)NC2=O)C3=O)CC1.O=C1CCC(N2C(=O)c3cc(F)c(N4CCNCC4)cc3C2=O)C(=O)N1. The minimum absolute atomic E-state index is 0.00531. The van der Waals surface area contributed by atoms with Gasteiger partial charge in [-0.25, -0.2) is 13.6 Å². The van der Waals surface area contributed by atoms with Crippen LogP contribution >= 0.6 is 0 Å². The highest BCUT2D eigenvalue weighted by atomic mass is 19.1. The van der Waals surface area contributed by atoms with Gasteiger partial charge in [-0.3, -0.25) is 58.8 Å². The fourth-order valence-corrected chi connectivity index (χ4v) is 7.80. The maximum Gasteiger partial charge on any atom is 0.410 e. The van der Waals surface area contributed by atoms with Crippen LogP contribution < -0.4 is 25.8 Å². The molecule has 6 aliphatic rings. The third-order valence-corrected chi connectivity index (χ3v) is 10.7. The molecule has 9 amide bonds. The Kier molecular flexibility index (Phi) is 10.9. The second-order valence-corrected chi connectivity index (χ2v) is 15.8. The number of imide groups is 4. The molecule has 6 aliphatic heterocycles. The monoisotopic (exact) mass is 820 g/mol. The predicted molar refractivity (Wildman–Crippen MR) is 201 cm³/mol. The van der Waals surface area contributed by atoms with Crippen molar-refractivity contribution in [3.63, 3.8) is 0 Å². The number of piperidine rings is 2. The second-order valence-electron chi connectivity index (χ2n) is 15.8. The molecule has 0 radical (unpaired) electrons. The first kappa shape index (κ1) is 40.9. The summed E-state index contributed by atoms with van der Waals surface area (Å²) in [6.45, 7) is 9.15. The van der Waals surface area contributed by atoms with E-state index in [-0.39, 0.29) is 59.3 Å². The zero-order chi connectivity index (χ0) is 42.5. The van der Waals surface area contributed by atoms with Gasteiger partial charge in [0.1, 0.15) is 29.3 Å². The first-order valence-electron chi connectivity index (χ1n) is 19.2. The summed E-state index contributed by atoms with van der Waals surface area (Å²) < 4.78 is 34.9. The van der Waals surface area contributed by atoms with Gasteiger partial charge in [-0.15, -0.1) is 0 Å². The van der Waals surface area contributed by atoms with E-state index in [0.717, 1.165) is 21.9 Å². The van der Waals surface area contributed by atoms with Crippen LogP contribution in [0.2, 0.25) is 0 Å². The van der Waals surface area contributed by atoms with Gasteiger partial charge in [0.25, 0.3) is 23.6 Å². The Balaban J connectivity index is 0.000000184. The van der Waals surface area contributed by atoms with Crippen molar-refractivity contribution in [3.8, 4) is 0 Å². The minimum Gasteiger partial charge on any atom is -0.444 e. The van der Waals surface area contributed by atoms with Crippen molar-refractivity contribution in [1.29, 1.82) is 0 Å². The van der Waals surface area contributed by atoms with E-state index in [1.54, 1.807) is 25.7 Å². The average molecular weight is 821 g/mol. The lowest BCUT2D eigenvalue weighted by atomic mass is 10.0. The van der Waals surface area contributed by atoms with Gasteiger partial charge >= 0.3 is 6.09 Å². The quantitative estimate of drug-likeness (QED) is 0.367. The van der Waals surface area contributed by atoms with Crippen molar-refractivity contribution in [2.75, 3.05) is 62.2 Å². The standard InChI is InChI=1S/C22H25FN4O6.C17H17FN4O4/c1-22(2,3)33-21(32)26-8-6-25(7-9-26)16-11-13-12(10-14(16)23)19(30)27(20(13)31)15-4-5-17(28)24-18(15)29;18-11-7-9-10(8-13(11)21-5-3-19-4-6-21)17(26)22(16(9)25)12-1-2-14(23)20-15(12)24/h10-11,15H,4-9H2,1-3H3,(H,24,28,29);7-8,12,19H,1-6H2,(H,20,23,24). The number of hydrogen-bond donors (Lipinski definition) is 3. The normalized spacial score (nSPS) is 22.2. The molecule has 4 saturated heterocycles. The summed E-state index contributed by atoms with van der Waals surface area (Å²) in [5.74, 6) is -6.34. The molecular weight excluding hydrogens is 778 g/mol.